The molecule has 0 fully saturated rings. The number of fused-ring (bicyclic) bond motifs is 5. The van der Waals surface area contributed by atoms with Gasteiger partial charge in [-0.1, -0.05) is 97.6 Å². The van der Waals surface area contributed by atoms with Gasteiger partial charge in [-0.05, 0) is 89.5 Å². The number of allylic oxidation sites excluding steroid dienone is 1. The second-order valence-electron chi connectivity index (χ2n) is 11.1. The fourth-order valence-electron chi connectivity index (χ4n) is 6.60. The van der Waals surface area contributed by atoms with Crippen LogP contribution in [0.3, 0.4) is 0 Å². The molecular formula is C41H30N2. The third kappa shape index (κ3) is 4.03. The Bertz CT molecular complexity index is 2360. The molecule has 0 N–H and O–H groups in total. The lowest BCUT2D eigenvalue weighted by atomic mass is 10.0. The van der Waals surface area contributed by atoms with E-state index in [1.165, 1.54) is 65.9 Å². The SMILES string of the molecule is C=Cc1c(/C=C(\C)c2ccc3c(c2)c2ccccc2n3-c2ccc3ccccc3c2)c2ccccc2n1-c1ccccc1. The monoisotopic (exact) mass is 550 g/mol. The van der Waals surface area contributed by atoms with E-state index in [1.54, 1.807) is 0 Å². The molecule has 0 saturated carbocycles. The van der Waals surface area contributed by atoms with Gasteiger partial charge >= 0.3 is 0 Å². The van der Waals surface area contributed by atoms with E-state index < -0.39 is 0 Å². The Hall–Kier alpha value is -5.60. The Morgan fingerprint density at radius 1 is 0.535 bits per heavy atom. The predicted molar refractivity (Wildman–Crippen MR) is 185 cm³/mol. The number of hydrogen-bond acceptors (Lipinski definition) is 0. The summed E-state index contributed by atoms with van der Waals surface area (Å²) in [7, 11) is 0. The van der Waals surface area contributed by atoms with Gasteiger partial charge in [0.2, 0.25) is 0 Å². The molecule has 2 nitrogen and oxygen atoms in total. The van der Waals surface area contributed by atoms with Crippen LogP contribution in [-0.2, 0) is 0 Å². The maximum absolute atomic E-state index is 4.23. The Morgan fingerprint density at radius 2 is 1.19 bits per heavy atom. The van der Waals surface area contributed by atoms with Crippen molar-refractivity contribution in [2.24, 2.45) is 0 Å². The first-order valence-electron chi connectivity index (χ1n) is 14.7. The molecule has 43 heavy (non-hydrogen) atoms. The van der Waals surface area contributed by atoms with Crippen molar-refractivity contribution in [3.05, 3.63) is 163 Å². The van der Waals surface area contributed by atoms with Gasteiger partial charge in [-0.25, -0.2) is 0 Å². The number of para-hydroxylation sites is 3. The summed E-state index contributed by atoms with van der Waals surface area (Å²) >= 11 is 0. The maximum atomic E-state index is 4.23. The zero-order chi connectivity index (χ0) is 28.9. The summed E-state index contributed by atoms with van der Waals surface area (Å²) in [5, 5.41) is 6.23. The Labute approximate surface area is 251 Å². The van der Waals surface area contributed by atoms with E-state index in [2.05, 4.69) is 168 Å². The minimum absolute atomic E-state index is 1.10. The van der Waals surface area contributed by atoms with E-state index in [0.717, 1.165) is 11.4 Å². The average molecular weight is 551 g/mol. The van der Waals surface area contributed by atoms with E-state index in [9.17, 15) is 0 Å². The third-order valence-corrected chi connectivity index (χ3v) is 8.64. The number of aromatic nitrogens is 2. The first-order valence-corrected chi connectivity index (χ1v) is 14.7. The van der Waals surface area contributed by atoms with Gasteiger partial charge in [0.25, 0.3) is 0 Å². The van der Waals surface area contributed by atoms with Crippen molar-refractivity contribution in [2.75, 3.05) is 0 Å². The molecule has 0 aliphatic carbocycles. The van der Waals surface area contributed by atoms with E-state index >= 15 is 0 Å². The molecule has 0 radical (unpaired) electrons. The molecule has 2 heterocycles. The van der Waals surface area contributed by atoms with Crippen molar-refractivity contribution in [1.82, 2.24) is 9.13 Å². The lowest BCUT2D eigenvalue weighted by Gasteiger charge is -2.10. The fraction of sp³-hybridized carbons (Fsp3) is 0.0244. The van der Waals surface area contributed by atoms with E-state index in [4.69, 9.17) is 0 Å². The van der Waals surface area contributed by atoms with Crippen LogP contribution in [0.1, 0.15) is 23.7 Å². The smallest absolute Gasteiger partial charge is 0.0541 e. The standard InChI is InChI=1S/C41H30N2/c1-3-38-36(34-17-9-11-19-39(34)42(38)32-15-5-4-6-16-32)25-28(2)30-22-24-41-37(27-30)35-18-10-12-20-40(35)43(41)33-23-21-29-13-7-8-14-31(29)26-33/h3-27H,1H2,2H3/b28-25+. The van der Waals surface area contributed by atoms with Crippen LogP contribution >= 0.6 is 0 Å². The van der Waals surface area contributed by atoms with Crippen LogP contribution in [0.15, 0.2) is 146 Å². The highest BCUT2D eigenvalue weighted by atomic mass is 15.0. The summed E-state index contributed by atoms with van der Waals surface area (Å²) < 4.78 is 4.70. The van der Waals surface area contributed by atoms with Crippen LogP contribution in [0.2, 0.25) is 0 Å². The summed E-state index contributed by atoms with van der Waals surface area (Å²) in [6.07, 6.45) is 4.30. The van der Waals surface area contributed by atoms with E-state index in [1.807, 2.05) is 6.08 Å². The summed E-state index contributed by atoms with van der Waals surface area (Å²) in [4.78, 5) is 0. The molecule has 0 aliphatic rings. The highest BCUT2D eigenvalue weighted by molar-refractivity contribution is 6.11. The van der Waals surface area contributed by atoms with Gasteiger partial charge in [-0.15, -0.1) is 0 Å². The molecule has 6 aromatic carbocycles. The Balaban J connectivity index is 1.31. The van der Waals surface area contributed by atoms with Crippen molar-refractivity contribution in [3.8, 4) is 11.4 Å². The number of rotatable bonds is 5. The molecular weight excluding hydrogens is 520 g/mol. The molecule has 0 amide bonds. The molecule has 0 bridgehead atoms. The molecule has 0 saturated heterocycles. The van der Waals surface area contributed by atoms with Gasteiger partial charge in [0.15, 0.2) is 0 Å². The Morgan fingerprint density at radius 3 is 1.98 bits per heavy atom. The first-order chi connectivity index (χ1) is 21.2. The number of hydrogen-bond donors (Lipinski definition) is 0. The zero-order valence-corrected chi connectivity index (χ0v) is 24.0. The maximum Gasteiger partial charge on any atom is 0.0541 e. The number of benzene rings is 6. The predicted octanol–water partition coefficient (Wildman–Crippen LogP) is 11.1. The van der Waals surface area contributed by atoms with Crippen LogP contribution in [0.4, 0.5) is 0 Å². The van der Waals surface area contributed by atoms with Gasteiger partial charge in [-0.3, -0.25) is 0 Å². The normalized spacial score (nSPS) is 12.1. The third-order valence-electron chi connectivity index (χ3n) is 8.64. The second-order valence-corrected chi connectivity index (χ2v) is 11.1. The second kappa shape index (κ2) is 10.0. The van der Waals surface area contributed by atoms with Crippen molar-refractivity contribution >= 4 is 61.2 Å². The van der Waals surface area contributed by atoms with Crippen LogP contribution in [-0.4, -0.2) is 9.13 Å². The summed E-state index contributed by atoms with van der Waals surface area (Å²) in [5.74, 6) is 0. The van der Waals surface area contributed by atoms with Crippen molar-refractivity contribution in [3.63, 3.8) is 0 Å². The largest absolute Gasteiger partial charge is 0.309 e. The lowest BCUT2D eigenvalue weighted by Crippen LogP contribution is -1.96. The van der Waals surface area contributed by atoms with Crippen LogP contribution in [0, 0.1) is 0 Å². The molecule has 0 unspecified atom stereocenters. The molecule has 2 aromatic heterocycles. The average Bonchev–Trinajstić information content (AvgIpc) is 3.57. The summed E-state index contributed by atoms with van der Waals surface area (Å²) in [6, 6.07) is 50.1. The summed E-state index contributed by atoms with van der Waals surface area (Å²) in [5.41, 5.74) is 10.6. The van der Waals surface area contributed by atoms with Crippen LogP contribution < -0.4 is 0 Å². The van der Waals surface area contributed by atoms with Gasteiger partial charge in [0, 0.05) is 33.1 Å². The topological polar surface area (TPSA) is 9.86 Å². The van der Waals surface area contributed by atoms with Gasteiger partial charge in [-0.2, -0.15) is 0 Å². The zero-order valence-electron chi connectivity index (χ0n) is 24.0. The van der Waals surface area contributed by atoms with E-state index in [-0.39, 0.29) is 0 Å². The van der Waals surface area contributed by atoms with Crippen LogP contribution in [0.5, 0.6) is 0 Å². The molecule has 0 atom stereocenters. The molecule has 0 spiro atoms. The molecule has 204 valence electrons. The molecule has 8 aromatic rings. The van der Waals surface area contributed by atoms with Gasteiger partial charge in [0.1, 0.15) is 0 Å². The highest BCUT2D eigenvalue weighted by Gasteiger charge is 2.17. The minimum atomic E-state index is 1.10. The van der Waals surface area contributed by atoms with Gasteiger partial charge < -0.3 is 9.13 Å². The van der Waals surface area contributed by atoms with Crippen molar-refractivity contribution in [1.29, 1.82) is 0 Å². The van der Waals surface area contributed by atoms with Crippen molar-refractivity contribution < 1.29 is 0 Å². The molecule has 0 aliphatic heterocycles. The first kappa shape index (κ1) is 25.1. The molecule has 2 heteroatoms. The molecule has 8 rings (SSSR count). The van der Waals surface area contributed by atoms with Crippen molar-refractivity contribution in [2.45, 2.75) is 6.92 Å². The Kier molecular flexibility index (Phi) is 5.87. The summed E-state index contributed by atoms with van der Waals surface area (Å²) in [6.45, 7) is 6.44. The quantitative estimate of drug-likeness (QED) is 0.202. The number of nitrogens with zero attached hydrogens (tertiary/aromatic N) is 2. The van der Waals surface area contributed by atoms with Gasteiger partial charge in [0.05, 0.1) is 22.2 Å². The lowest BCUT2D eigenvalue weighted by molar-refractivity contribution is 1.11. The minimum Gasteiger partial charge on any atom is -0.309 e. The fourth-order valence-corrected chi connectivity index (χ4v) is 6.60. The van der Waals surface area contributed by atoms with Crippen LogP contribution in [0.25, 0.3) is 72.6 Å². The van der Waals surface area contributed by atoms with E-state index in [0.29, 0.717) is 0 Å². The highest BCUT2D eigenvalue weighted by Crippen LogP contribution is 2.37.